The molecule has 1 fully saturated rings. The molecular formula is C15H22N6O2. The van der Waals surface area contributed by atoms with Crippen LogP contribution in [0.2, 0.25) is 0 Å². The predicted molar refractivity (Wildman–Crippen MR) is 83.6 cm³/mol. The van der Waals surface area contributed by atoms with E-state index in [2.05, 4.69) is 25.9 Å². The van der Waals surface area contributed by atoms with Crippen molar-refractivity contribution in [2.75, 3.05) is 6.61 Å². The Labute approximate surface area is 134 Å². The second-order valence-electron chi connectivity index (χ2n) is 5.83. The molecule has 124 valence electrons. The van der Waals surface area contributed by atoms with Crippen molar-refractivity contribution in [1.29, 1.82) is 0 Å². The number of amides is 2. The molecule has 23 heavy (non-hydrogen) atoms. The van der Waals surface area contributed by atoms with E-state index in [1.807, 2.05) is 20.2 Å². The topological polar surface area (TPSA) is 96.9 Å². The fraction of sp³-hybridized carbons (Fsp3) is 0.533. The van der Waals surface area contributed by atoms with Gasteiger partial charge in [-0.25, -0.2) is 4.79 Å². The third-order valence-electron chi connectivity index (χ3n) is 4.07. The number of aryl methyl sites for hydroxylation is 2. The van der Waals surface area contributed by atoms with Crippen LogP contribution in [0.3, 0.4) is 0 Å². The molecular weight excluding hydrogens is 296 g/mol. The van der Waals surface area contributed by atoms with Crippen molar-refractivity contribution in [3.05, 3.63) is 35.4 Å². The first kappa shape index (κ1) is 15.5. The van der Waals surface area contributed by atoms with Gasteiger partial charge >= 0.3 is 6.03 Å². The van der Waals surface area contributed by atoms with E-state index in [0.29, 0.717) is 13.2 Å². The molecule has 2 aromatic heterocycles. The van der Waals surface area contributed by atoms with Crippen molar-refractivity contribution in [1.82, 2.24) is 30.6 Å². The number of aromatic nitrogens is 4. The monoisotopic (exact) mass is 318 g/mol. The summed E-state index contributed by atoms with van der Waals surface area (Å²) in [5, 5.41) is 16.9. The largest absolute Gasteiger partial charge is 0.371 e. The Balaban J connectivity index is 1.58. The van der Waals surface area contributed by atoms with Crippen molar-refractivity contribution < 1.29 is 9.53 Å². The van der Waals surface area contributed by atoms with Crippen LogP contribution in [0.15, 0.2) is 18.6 Å². The first-order chi connectivity index (χ1) is 11.1. The molecule has 2 atom stereocenters. The Morgan fingerprint density at radius 2 is 2.39 bits per heavy atom. The second-order valence-corrected chi connectivity index (χ2v) is 5.83. The molecule has 0 aliphatic carbocycles. The Kier molecular flexibility index (Phi) is 4.61. The van der Waals surface area contributed by atoms with Gasteiger partial charge in [-0.05, 0) is 19.8 Å². The number of hydrogen-bond donors (Lipinski definition) is 3. The van der Waals surface area contributed by atoms with Gasteiger partial charge in [0.05, 0.1) is 18.4 Å². The van der Waals surface area contributed by atoms with Gasteiger partial charge in [-0.1, -0.05) is 0 Å². The number of nitrogens with zero attached hydrogens (tertiary/aromatic N) is 3. The van der Waals surface area contributed by atoms with Gasteiger partial charge in [0.15, 0.2) is 0 Å². The molecule has 0 saturated carbocycles. The Bertz CT molecular complexity index is 664. The highest BCUT2D eigenvalue weighted by atomic mass is 16.5. The average Bonchev–Trinajstić information content (AvgIpc) is 3.14. The molecule has 0 radical (unpaired) electrons. The molecule has 1 saturated heterocycles. The van der Waals surface area contributed by atoms with Crippen molar-refractivity contribution in [3.8, 4) is 0 Å². The van der Waals surface area contributed by atoms with Crippen LogP contribution < -0.4 is 10.6 Å². The molecule has 2 amide bonds. The highest BCUT2D eigenvalue weighted by Crippen LogP contribution is 2.28. The van der Waals surface area contributed by atoms with Crippen LogP contribution in [0.5, 0.6) is 0 Å². The SMILES string of the molecule is Cc1[nH]ncc1CNC(=O)N[C@H]1CCCO[C@@H]1c1cnn(C)c1. The smallest absolute Gasteiger partial charge is 0.315 e. The van der Waals surface area contributed by atoms with Gasteiger partial charge < -0.3 is 15.4 Å². The number of carbonyl (C=O) groups is 1. The molecule has 0 spiro atoms. The van der Waals surface area contributed by atoms with E-state index in [9.17, 15) is 4.79 Å². The maximum atomic E-state index is 12.2. The molecule has 1 aliphatic rings. The third-order valence-corrected chi connectivity index (χ3v) is 4.07. The summed E-state index contributed by atoms with van der Waals surface area (Å²) >= 11 is 0. The van der Waals surface area contributed by atoms with Gasteiger partial charge in [-0.15, -0.1) is 0 Å². The van der Waals surface area contributed by atoms with Crippen LogP contribution in [-0.4, -0.2) is 38.7 Å². The minimum absolute atomic E-state index is 0.0570. The number of H-pyrrole nitrogens is 1. The maximum absolute atomic E-state index is 12.2. The minimum atomic E-state index is -0.199. The summed E-state index contributed by atoms with van der Waals surface area (Å²) < 4.78 is 7.59. The summed E-state index contributed by atoms with van der Waals surface area (Å²) in [7, 11) is 1.87. The summed E-state index contributed by atoms with van der Waals surface area (Å²) in [6.07, 6.45) is 7.10. The third kappa shape index (κ3) is 3.70. The quantitative estimate of drug-likeness (QED) is 0.788. The normalized spacial score (nSPS) is 21.1. The van der Waals surface area contributed by atoms with Gasteiger partial charge in [0.2, 0.25) is 0 Å². The lowest BCUT2D eigenvalue weighted by Crippen LogP contribution is -2.46. The summed E-state index contributed by atoms with van der Waals surface area (Å²) in [5.74, 6) is 0. The van der Waals surface area contributed by atoms with E-state index in [0.717, 1.165) is 29.7 Å². The van der Waals surface area contributed by atoms with E-state index in [4.69, 9.17) is 4.74 Å². The first-order valence-electron chi connectivity index (χ1n) is 7.77. The molecule has 8 heteroatoms. The Morgan fingerprint density at radius 3 is 3.09 bits per heavy atom. The van der Waals surface area contributed by atoms with Crippen LogP contribution in [0, 0.1) is 6.92 Å². The number of urea groups is 1. The number of hydrogen-bond acceptors (Lipinski definition) is 4. The highest BCUT2D eigenvalue weighted by Gasteiger charge is 2.29. The summed E-state index contributed by atoms with van der Waals surface area (Å²) in [4.78, 5) is 12.2. The lowest BCUT2D eigenvalue weighted by atomic mass is 9.98. The van der Waals surface area contributed by atoms with E-state index in [-0.39, 0.29) is 18.2 Å². The van der Waals surface area contributed by atoms with Gasteiger partial charge in [0, 0.05) is 43.2 Å². The second kappa shape index (κ2) is 6.82. The van der Waals surface area contributed by atoms with Gasteiger partial charge in [0.25, 0.3) is 0 Å². The zero-order valence-corrected chi connectivity index (χ0v) is 13.4. The van der Waals surface area contributed by atoms with E-state index in [1.165, 1.54) is 0 Å². The minimum Gasteiger partial charge on any atom is -0.371 e. The molecule has 0 bridgehead atoms. The van der Waals surface area contributed by atoms with E-state index < -0.39 is 0 Å². The predicted octanol–water partition coefficient (Wildman–Crippen LogP) is 1.17. The van der Waals surface area contributed by atoms with Gasteiger partial charge in [-0.3, -0.25) is 9.78 Å². The standard InChI is InChI=1S/C15H22N6O2/c1-10-11(7-17-20-10)6-16-15(22)19-13-4-3-5-23-14(13)12-8-18-21(2)9-12/h7-9,13-14H,3-6H2,1-2H3,(H,17,20)(H2,16,19,22)/t13-,14+/m0/s1. The molecule has 1 aliphatic heterocycles. The first-order valence-corrected chi connectivity index (χ1v) is 7.77. The highest BCUT2D eigenvalue weighted by molar-refractivity contribution is 5.74. The Hall–Kier alpha value is -2.35. The van der Waals surface area contributed by atoms with Gasteiger partial charge in [0.1, 0.15) is 6.10 Å². The van der Waals surface area contributed by atoms with Crippen molar-refractivity contribution in [3.63, 3.8) is 0 Å². The molecule has 3 rings (SSSR count). The van der Waals surface area contributed by atoms with Crippen LogP contribution in [0.1, 0.15) is 35.8 Å². The van der Waals surface area contributed by atoms with Crippen molar-refractivity contribution in [2.45, 2.75) is 38.5 Å². The van der Waals surface area contributed by atoms with Gasteiger partial charge in [-0.2, -0.15) is 10.2 Å². The fourth-order valence-electron chi connectivity index (χ4n) is 2.79. The fourth-order valence-corrected chi connectivity index (χ4v) is 2.79. The maximum Gasteiger partial charge on any atom is 0.315 e. The van der Waals surface area contributed by atoms with Crippen LogP contribution in [0.25, 0.3) is 0 Å². The number of rotatable bonds is 4. The molecule has 2 aromatic rings. The zero-order valence-electron chi connectivity index (χ0n) is 13.4. The van der Waals surface area contributed by atoms with Crippen LogP contribution in [-0.2, 0) is 18.3 Å². The summed E-state index contributed by atoms with van der Waals surface area (Å²) in [6.45, 7) is 3.07. The van der Waals surface area contributed by atoms with Crippen LogP contribution in [0.4, 0.5) is 4.79 Å². The van der Waals surface area contributed by atoms with Crippen LogP contribution >= 0.6 is 0 Å². The molecule has 3 N–H and O–H groups in total. The average molecular weight is 318 g/mol. The molecule has 0 aromatic carbocycles. The number of ether oxygens (including phenoxy) is 1. The summed E-state index contributed by atoms with van der Waals surface area (Å²) in [5.41, 5.74) is 2.92. The molecule has 3 heterocycles. The number of aromatic amines is 1. The lowest BCUT2D eigenvalue weighted by Gasteiger charge is -2.31. The van der Waals surface area contributed by atoms with E-state index >= 15 is 0 Å². The zero-order chi connectivity index (χ0) is 16.2. The molecule has 0 unspecified atom stereocenters. The van der Waals surface area contributed by atoms with Crippen molar-refractivity contribution in [2.24, 2.45) is 7.05 Å². The molecule has 8 nitrogen and oxygen atoms in total. The van der Waals surface area contributed by atoms with Crippen molar-refractivity contribution >= 4 is 6.03 Å². The number of carbonyl (C=O) groups excluding carboxylic acids is 1. The van der Waals surface area contributed by atoms with E-state index in [1.54, 1.807) is 17.1 Å². The summed E-state index contributed by atoms with van der Waals surface area (Å²) in [6, 6.07) is -0.256. The Morgan fingerprint density at radius 1 is 1.52 bits per heavy atom. The lowest BCUT2D eigenvalue weighted by molar-refractivity contribution is -0.00747. The number of nitrogens with one attached hydrogen (secondary N) is 3.